The van der Waals surface area contributed by atoms with Crippen LogP contribution in [0.3, 0.4) is 0 Å². The average Bonchev–Trinajstić information content (AvgIpc) is 2.74. The molecule has 21 heavy (non-hydrogen) atoms. The van der Waals surface area contributed by atoms with Crippen molar-refractivity contribution in [3.8, 4) is 5.75 Å². The van der Waals surface area contributed by atoms with Crippen molar-refractivity contribution < 1.29 is 9.53 Å². The Bertz CT molecular complexity index is 640. The van der Waals surface area contributed by atoms with E-state index in [1.807, 2.05) is 20.2 Å². The first kappa shape index (κ1) is 15.4. The third kappa shape index (κ3) is 4.23. The van der Waals surface area contributed by atoms with Gasteiger partial charge in [0.15, 0.2) is 6.10 Å². The molecule has 0 saturated heterocycles. The topological polar surface area (TPSA) is 56.2 Å². The van der Waals surface area contributed by atoms with E-state index < -0.39 is 6.10 Å². The monoisotopic (exact) mass is 307 g/mol. The third-order valence-corrected chi connectivity index (χ3v) is 3.28. The van der Waals surface area contributed by atoms with Crippen molar-refractivity contribution in [2.45, 2.75) is 26.5 Å². The van der Waals surface area contributed by atoms with Gasteiger partial charge in [-0.3, -0.25) is 9.48 Å². The Labute approximate surface area is 128 Å². The molecule has 0 spiro atoms. The number of amides is 1. The van der Waals surface area contributed by atoms with E-state index in [-0.39, 0.29) is 5.91 Å². The predicted molar refractivity (Wildman–Crippen MR) is 81.3 cm³/mol. The summed E-state index contributed by atoms with van der Waals surface area (Å²) >= 11 is 5.88. The number of benzene rings is 1. The van der Waals surface area contributed by atoms with E-state index in [0.29, 0.717) is 17.3 Å². The highest BCUT2D eigenvalue weighted by molar-refractivity contribution is 6.30. The number of hydrogen-bond acceptors (Lipinski definition) is 3. The van der Waals surface area contributed by atoms with Gasteiger partial charge in [0, 0.05) is 30.4 Å². The second kappa shape index (κ2) is 6.63. The Balaban J connectivity index is 1.89. The number of halogens is 1. The van der Waals surface area contributed by atoms with Crippen molar-refractivity contribution >= 4 is 17.5 Å². The molecule has 0 aliphatic heterocycles. The summed E-state index contributed by atoms with van der Waals surface area (Å²) in [6, 6.07) is 6.98. The fraction of sp³-hybridized carbons (Fsp3) is 0.333. The summed E-state index contributed by atoms with van der Waals surface area (Å²) < 4.78 is 7.29. The fourth-order valence-corrected chi connectivity index (χ4v) is 2.13. The average molecular weight is 308 g/mol. The van der Waals surface area contributed by atoms with Crippen molar-refractivity contribution in [1.29, 1.82) is 0 Å². The first-order valence-corrected chi connectivity index (χ1v) is 7.02. The fourth-order valence-electron chi connectivity index (χ4n) is 1.95. The normalized spacial score (nSPS) is 12.0. The van der Waals surface area contributed by atoms with Crippen molar-refractivity contribution in [3.63, 3.8) is 0 Å². The molecule has 0 aliphatic carbocycles. The first-order chi connectivity index (χ1) is 9.95. The van der Waals surface area contributed by atoms with Crippen LogP contribution in [0.25, 0.3) is 0 Å². The van der Waals surface area contributed by atoms with E-state index in [2.05, 4.69) is 10.4 Å². The molecule has 112 valence electrons. The highest BCUT2D eigenvalue weighted by Crippen LogP contribution is 2.18. The summed E-state index contributed by atoms with van der Waals surface area (Å²) in [5, 5.41) is 7.64. The number of carbonyl (C=O) groups excluding carboxylic acids is 1. The number of rotatable bonds is 5. The second-order valence-electron chi connectivity index (χ2n) is 4.85. The Morgan fingerprint density at radius 2 is 2.29 bits per heavy atom. The molecule has 1 aromatic heterocycles. The number of aryl methyl sites for hydroxylation is 2. The van der Waals surface area contributed by atoms with Crippen LogP contribution in [0, 0.1) is 6.92 Å². The van der Waals surface area contributed by atoms with Crippen LogP contribution in [0.1, 0.15) is 18.2 Å². The molecular formula is C15H18ClN3O2. The number of nitrogens with zero attached hydrogens (tertiary/aromatic N) is 2. The standard InChI is InChI=1S/C15H18ClN3O2/c1-10-12(9-19(3)18-10)8-17-15(20)11(2)21-14-6-4-5-13(16)7-14/h4-7,9,11H,8H2,1-3H3,(H,17,20)/t11-/m1/s1. The van der Waals surface area contributed by atoms with E-state index in [9.17, 15) is 4.79 Å². The summed E-state index contributed by atoms with van der Waals surface area (Å²) in [4.78, 5) is 12.0. The van der Waals surface area contributed by atoms with Crippen molar-refractivity contribution in [3.05, 3.63) is 46.7 Å². The number of ether oxygens (including phenoxy) is 1. The number of carbonyl (C=O) groups is 1. The maximum atomic E-state index is 12.0. The van der Waals surface area contributed by atoms with Crippen LogP contribution >= 0.6 is 11.6 Å². The smallest absolute Gasteiger partial charge is 0.261 e. The third-order valence-electron chi connectivity index (χ3n) is 3.05. The van der Waals surface area contributed by atoms with E-state index >= 15 is 0 Å². The van der Waals surface area contributed by atoms with Gasteiger partial charge in [-0.05, 0) is 32.0 Å². The molecule has 1 aromatic carbocycles. The van der Waals surface area contributed by atoms with Crippen molar-refractivity contribution in [2.75, 3.05) is 0 Å². The molecule has 6 heteroatoms. The highest BCUT2D eigenvalue weighted by Gasteiger charge is 2.15. The molecule has 0 bridgehead atoms. The molecule has 5 nitrogen and oxygen atoms in total. The molecule has 1 atom stereocenters. The molecule has 0 saturated carbocycles. The van der Waals surface area contributed by atoms with Gasteiger partial charge in [-0.1, -0.05) is 17.7 Å². The van der Waals surface area contributed by atoms with Crippen LogP contribution in [0.15, 0.2) is 30.5 Å². The number of nitrogens with one attached hydrogen (secondary N) is 1. The Morgan fingerprint density at radius 1 is 1.52 bits per heavy atom. The van der Waals surface area contributed by atoms with Crippen LogP contribution in [0.2, 0.25) is 5.02 Å². The lowest BCUT2D eigenvalue weighted by Gasteiger charge is -2.14. The van der Waals surface area contributed by atoms with Crippen LogP contribution in [-0.2, 0) is 18.4 Å². The zero-order chi connectivity index (χ0) is 15.4. The summed E-state index contributed by atoms with van der Waals surface area (Å²) in [6.45, 7) is 4.04. The zero-order valence-corrected chi connectivity index (χ0v) is 13.0. The number of hydrogen-bond donors (Lipinski definition) is 1. The maximum absolute atomic E-state index is 12.0. The maximum Gasteiger partial charge on any atom is 0.261 e. The van der Waals surface area contributed by atoms with Gasteiger partial charge in [0.2, 0.25) is 0 Å². The van der Waals surface area contributed by atoms with E-state index in [1.54, 1.807) is 35.9 Å². The van der Waals surface area contributed by atoms with Gasteiger partial charge < -0.3 is 10.1 Å². The van der Waals surface area contributed by atoms with Crippen LogP contribution < -0.4 is 10.1 Å². The predicted octanol–water partition coefficient (Wildman–Crippen LogP) is 2.47. The molecule has 0 radical (unpaired) electrons. The van der Waals surface area contributed by atoms with Gasteiger partial charge in [0.1, 0.15) is 5.75 Å². The Hall–Kier alpha value is -2.01. The highest BCUT2D eigenvalue weighted by atomic mass is 35.5. The van der Waals surface area contributed by atoms with Crippen LogP contribution in [-0.4, -0.2) is 21.8 Å². The van der Waals surface area contributed by atoms with Crippen LogP contribution in [0.4, 0.5) is 0 Å². The second-order valence-corrected chi connectivity index (χ2v) is 5.29. The van der Waals surface area contributed by atoms with E-state index in [1.165, 1.54) is 0 Å². The minimum absolute atomic E-state index is 0.182. The van der Waals surface area contributed by atoms with Crippen molar-refractivity contribution in [1.82, 2.24) is 15.1 Å². The Kier molecular flexibility index (Phi) is 4.85. The van der Waals surface area contributed by atoms with E-state index in [4.69, 9.17) is 16.3 Å². The Morgan fingerprint density at radius 3 is 2.90 bits per heavy atom. The summed E-state index contributed by atoms with van der Waals surface area (Å²) in [6.07, 6.45) is 1.29. The lowest BCUT2D eigenvalue weighted by molar-refractivity contribution is -0.127. The number of aromatic nitrogens is 2. The van der Waals surface area contributed by atoms with Crippen molar-refractivity contribution in [2.24, 2.45) is 7.05 Å². The molecule has 2 rings (SSSR count). The summed E-state index contributed by atoms with van der Waals surface area (Å²) in [5.41, 5.74) is 1.89. The van der Waals surface area contributed by atoms with Gasteiger partial charge in [-0.25, -0.2) is 0 Å². The molecular weight excluding hydrogens is 290 g/mol. The molecule has 0 aliphatic rings. The zero-order valence-electron chi connectivity index (χ0n) is 12.3. The molecule has 0 unspecified atom stereocenters. The minimum Gasteiger partial charge on any atom is -0.481 e. The SMILES string of the molecule is Cc1nn(C)cc1CNC(=O)[C@@H](C)Oc1cccc(Cl)c1. The van der Waals surface area contributed by atoms with E-state index in [0.717, 1.165) is 11.3 Å². The lowest BCUT2D eigenvalue weighted by atomic mass is 10.2. The summed E-state index contributed by atoms with van der Waals surface area (Å²) in [7, 11) is 1.85. The molecule has 1 heterocycles. The van der Waals surface area contributed by atoms with Gasteiger partial charge in [-0.2, -0.15) is 5.10 Å². The molecule has 1 amide bonds. The van der Waals surface area contributed by atoms with Gasteiger partial charge in [0.25, 0.3) is 5.91 Å². The molecule has 0 fully saturated rings. The quantitative estimate of drug-likeness (QED) is 0.923. The minimum atomic E-state index is -0.597. The molecule has 2 aromatic rings. The van der Waals surface area contributed by atoms with Gasteiger partial charge in [-0.15, -0.1) is 0 Å². The first-order valence-electron chi connectivity index (χ1n) is 6.65. The molecule has 1 N–H and O–H groups in total. The van der Waals surface area contributed by atoms with Crippen LogP contribution in [0.5, 0.6) is 5.75 Å². The summed E-state index contributed by atoms with van der Waals surface area (Å²) in [5.74, 6) is 0.390. The largest absolute Gasteiger partial charge is 0.481 e. The van der Waals surface area contributed by atoms with Gasteiger partial charge in [0.05, 0.1) is 5.69 Å². The van der Waals surface area contributed by atoms with Gasteiger partial charge >= 0.3 is 0 Å². The lowest BCUT2D eigenvalue weighted by Crippen LogP contribution is -2.35.